The van der Waals surface area contributed by atoms with Gasteiger partial charge in [-0.2, -0.15) is 12.6 Å². The molecule has 1 aromatic rings. The molecule has 1 saturated heterocycles. The van der Waals surface area contributed by atoms with Gasteiger partial charge in [-0.05, 0) is 29.9 Å². The number of halogens is 2. The number of hydrogen-bond acceptors (Lipinski definition) is 2. The van der Waals surface area contributed by atoms with Gasteiger partial charge in [0, 0.05) is 25.1 Å². The molecule has 1 unspecified atom stereocenters. The van der Waals surface area contributed by atoms with E-state index in [1.165, 1.54) is 0 Å². The highest BCUT2D eigenvalue weighted by atomic mass is 32.1. The van der Waals surface area contributed by atoms with Gasteiger partial charge in [-0.3, -0.25) is 4.79 Å². The van der Waals surface area contributed by atoms with E-state index < -0.39 is 11.6 Å². The summed E-state index contributed by atoms with van der Waals surface area (Å²) >= 11 is 4.15. The number of nitrogens with zero attached hydrogens (tertiary/aromatic N) is 1. The van der Waals surface area contributed by atoms with Crippen molar-refractivity contribution in [2.24, 2.45) is 5.92 Å². The van der Waals surface area contributed by atoms with Crippen molar-refractivity contribution < 1.29 is 13.6 Å². The van der Waals surface area contributed by atoms with Gasteiger partial charge in [-0.15, -0.1) is 0 Å². The molecule has 1 fully saturated rings. The highest BCUT2D eigenvalue weighted by Gasteiger charge is 2.28. The van der Waals surface area contributed by atoms with Crippen molar-refractivity contribution in [2.45, 2.75) is 13.0 Å². The van der Waals surface area contributed by atoms with Crippen LogP contribution >= 0.6 is 12.6 Å². The second kappa shape index (κ2) is 5.04. The van der Waals surface area contributed by atoms with Gasteiger partial charge in [-0.25, -0.2) is 8.78 Å². The Bertz CT molecular complexity index is 439. The first-order valence-electron chi connectivity index (χ1n) is 5.42. The van der Waals surface area contributed by atoms with Crippen LogP contribution in [0.1, 0.15) is 12.0 Å². The molecule has 5 heteroatoms. The molecule has 0 bridgehead atoms. The first-order valence-corrected chi connectivity index (χ1v) is 6.06. The SMILES string of the molecule is O=C1CC(CS)CN1Cc1cc(F)ccc1F. The first kappa shape index (κ1) is 12.4. The number of likely N-dealkylation sites (tertiary alicyclic amines) is 1. The van der Waals surface area contributed by atoms with Crippen LogP contribution in [0.4, 0.5) is 8.78 Å². The summed E-state index contributed by atoms with van der Waals surface area (Å²) in [6.45, 7) is 0.699. The molecular weight excluding hydrogens is 244 g/mol. The Hall–Kier alpha value is -1.10. The lowest BCUT2D eigenvalue weighted by molar-refractivity contribution is -0.128. The first-order chi connectivity index (χ1) is 8.10. The van der Waals surface area contributed by atoms with E-state index in [2.05, 4.69) is 12.6 Å². The van der Waals surface area contributed by atoms with Gasteiger partial charge in [0.2, 0.25) is 5.91 Å². The van der Waals surface area contributed by atoms with Gasteiger partial charge in [0.05, 0.1) is 0 Å². The normalized spacial score (nSPS) is 20.1. The fourth-order valence-corrected chi connectivity index (χ4v) is 2.24. The summed E-state index contributed by atoms with van der Waals surface area (Å²) in [6, 6.07) is 3.29. The maximum absolute atomic E-state index is 13.4. The number of amides is 1. The van der Waals surface area contributed by atoms with Crippen LogP contribution in [0.3, 0.4) is 0 Å². The van der Waals surface area contributed by atoms with Crippen LogP contribution in [0, 0.1) is 17.6 Å². The molecule has 17 heavy (non-hydrogen) atoms. The molecule has 1 aliphatic rings. The highest BCUT2D eigenvalue weighted by molar-refractivity contribution is 7.80. The van der Waals surface area contributed by atoms with Gasteiger partial charge in [0.1, 0.15) is 11.6 Å². The van der Waals surface area contributed by atoms with Gasteiger partial charge < -0.3 is 4.90 Å². The van der Waals surface area contributed by atoms with Gasteiger partial charge in [-0.1, -0.05) is 0 Å². The molecule has 1 amide bonds. The summed E-state index contributed by atoms with van der Waals surface area (Å²) in [5.74, 6) is -0.143. The quantitative estimate of drug-likeness (QED) is 0.823. The van der Waals surface area contributed by atoms with Crippen molar-refractivity contribution in [3.05, 3.63) is 35.4 Å². The van der Waals surface area contributed by atoms with Crippen molar-refractivity contribution >= 4 is 18.5 Å². The molecule has 1 aromatic carbocycles. The standard InChI is InChI=1S/C12H13F2NOS/c13-10-1-2-11(14)9(4-10)6-15-5-8(7-17)3-12(15)16/h1-2,4,8,17H,3,5-7H2. The van der Waals surface area contributed by atoms with Gasteiger partial charge in [0.15, 0.2) is 0 Å². The molecule has 92 valence electrons. The van der Waals surface area contributed by atoms with Crippen LogP contribution in [0.2, 0.25) is 0 Å². The number of thiol groups is 1. The zero-order valence-electron chi connectivity index (χ0n) is 9.20. The second-order valence-electron chi connectivity index (χ2n) is 4.26. The lowest BCUT2D eigenvalue weighted by Gasteiger charge is -2.16. The minimum absolute atomic E-state index is 0.0206. The van der Waals surface area contributed by atoms with Crippen LogP contribution in [0.15, 0.2) is 18.2 Å². The Kier molecular flexibility index (Phi) is 3.66. The second-order valence-corrected chi connectivity index (χ2v) is 4.63. The highest BCUT2D eigenvalue weighted by Crippen LogP contribution is 2.22. The molecule has 1 aliphatic heterocycles. The van der Waals surface area contributed by atoms with E-state index >= 15 is 0 Å². The fourth-order valence-electron chi connectivity index (χ4n) is 2.00. The third-order valence-electron chi connectivity index (χ3n) is 2.92. The summed E-state index contributed by atoms with van der Waals surface area (Å²) < 4.78 is 26.4. The van der Waals surface area contributed by atoms with Gasteiger partial charge in [0.25, 0.3) is 0 Å². The summed E-state index contributed by atoms with van der Waals surface area (Å²) in [6.07, 6.45) is 0.445. The Labute approximate surface area is 104 Å². The predicted molar refractivity (Wildman–Crippen MR) is 63.7 cm³/mol. The monoisotopic (exact) mass is 257 g/mol. The summed E-state index contributed by atoms with van der Waals surface area (Å²) in [7, 11) is 0. The third-order valence-corrected chi connectivity index (χ3v) is 3.44. The molecular formula is C12H13F2NOS. The summed E-state index contributed by atoms with van der Waals surface area (Å²) in [5, 5.41) is 0. The van der Waals surface area contributed by atoms with Crippen LogP contribution in [-0.4, -0.2) is 23.1 Å². The Balaban J connectivity index is 2.11. The van der Waals surface area contributed by atoms with E-state index in [0.717, 1.165) is 18.2 Å². The third kappa shape index (κ3) is 2.77. The summed E-state index contributed by atoms with van der Waals surface area (Å²) in [5.41, 5.74) is 0.221. The lowest BCUT2D eigenvalue weighted by atomic mass is 10.1. The zero-order valence-corrected chi connectivity index (χ0v) is 10.1. The molecule has 0 aromatic heterocycles. The van der Waals surface area contributed by atoms with Crippen LogP contribution in [0.25, 0.3) is 0 Å². The minimum Gasteiger partial charge on any atom is -0.338 e. The lowest BCUT2D eigenvalue weighted by Crippen LogP contribution is -2.25. The van der Waals surface area contributed by atoms with Crippen LogP contribution in [-0.2, 0) is 11.3 Å². The number of benzene rings is 1. The Morgan fingerprint density at radius 3 is 2.82 bits per heavy atom. The van der Waals surface area contributed by atoms with Crippen molar-refractivity contribution in [3.8, 4) is 0 Å². The van der Waals surface area contributed by atoms with Crippen molar-refractivity contribution in [3.63, 3.8) is 0 Å². The molecule has 2 nitrogen and oxygen atoms in total. The fraction of sp³-hybridized carbons (Fsp3) is 0.417. The molecule has 0 saturated carbocycles. The van der Waals surface area contributed by atoms with Crippen LogP contribution < -0.4 is 0 Å². The number of hydrogen-bond donors (Lipinski definition) is 1. The average molecular weight is 257 g/mol. The van der Waals surface area contributed by atoms with E-state index in [1.54, 1.807) is 4.90 Å². The Morgan fingerprint density at radius 2 is 2.18 bits per heavy atom. The number of carbonyl (C=O) groups is 1. The van der Waals surface area contributed by atoms with E-state index in [1.807, 2.05) is 0 Å². The van der Waals surface area contributed by atoms with E-state index in [0.29, 0.717) is 18.7 Å². The largest absolute Gasteiger partial charge is 0.338 e. The predicted octanol–water partition coefficient (Wildman–Crippen LogP) is 2.24. The van der Waals surface area contributed by atoms with Crippen molar-refractivity contribution in [1.29, 1.82) is 0 Å². The van der Waals surface area contributed by atoms with E-state index in [9.17, 15) is 13.6 Å². The topological polar surface area (TPSA) is 20.3 Å². The summed E-state index contributed by atoms with van der Waals surface area (Å²) in [4.78, 5) is 13.2. The van der Waals surface area contributed by atoms with Crippen LogP contribution in [0.5, 0.6) is 0 Å². The van der Waals surface area contributed by atoms with Gasteiger partial charge >= 0.3 is 0 Å². The van der Waals surface area contributed by atoms with E-state index in [-0.39, 0.29) is 23.9 Å². The maximum atomic E-state index is 13.4. The number of carbonyl (C=O) groups excluding carboxylic acids is 1. The average Bonchev–Trinajstić information content (AvgIpc) is 2.65. The van der Waals surface area contributed by atoms with Crippen molar-refractivity contribution in [1.82, 2.24) is 4.90 Å². The molecule has 0 N–H and O–H groups in total. The Morgan fingerprint density at radius 1 is 1.41 bits per heavy atom. The maximum Gasteiger partial charge on any atom is 0.223 e. The van der Waals surface area contributed by atoms with Crippen molar-refractivity contribution in [2.75, 3.05) is 12.3 Å². The number of rotatable bonds is 3. The molecule has 1 heterocycles. The minimum atomic E-state index is -0.487. The van der Waals surface area contributed by atoms with E-state index in [4.69, 9.17) is 0 Å². The zero-order chi connectivity index (χ0) is 12.4. The smallest absolute Gasteiger partial charge is 0.223 e. The molecule has 2 rings (SSSR count). The molecule has 1 atom stereocenters. The molecule has 0 spiro atoms. The molecule has 0 radical (unpaired) electrons. The molecule has 0 aliphatic carbocycles.